The van der Waals surface area contributed by atoms with Gasteiger partial charge in [0.25, 0.3) is 6.26 Å². The lowest BCUT2D eigenvalue weighted by atomic mass is 11.6. The molecule has 4 radical (unpaired) electrons. The van der Waals surface area contributed by atoms with Gasteiger partial charge in [-0.25, -0.2) is 0 Å². The largest absolute Gasteiger partial charge is 0.443 e. The minimum absolute atomic E-state index is 0. The Morgan fingerprint density at radius 2 is 1.75 bits per heavy atom. The second-order valence-electron chi connectivity index (χ2n) is 0.100. The summed E-state index contributed by atoms with van der Waals surface area (Å²) in [4.78, 5) is 0. The van der Waals surface area contributed by atoms with Crippen LogP contribution in [0.15, 0.2) is 0 Å². The van der Waals surface area contributed by atoms with Gasteiger partial charge in [-0.2, -0.15) is 5.26 Å². The van der Waals surface area contributed by atoms with Crippen LogP contribution in [0.5, 0.6) is 0 Å². The van der Waals surface area contributed by atoms with E-state index in [9.17, 15) is 0 Å². The van der Waals surface area contributed by atoms with E-state index in [1.165, 1.54) is 0 Å². The minimum Gasteiger partial charge on any atom is -0.443 e. The van der Waals surface area contributed by atoms with Crippen LogP contribution in [0.2, 0.25) is 0 Å². The molecule has 3 heteroatoms. The second-order valence-corrected chi connectivity index (χ2v) is 0.100. The van der Waals surface area contributed by atoms with E-state index in [1.807, 2.05) is 0 Å². The lowest BCUT2D eigenvalue weighted by Gasteiger charge is -1.25. The third-order valence-corrected chi connectivity index (χ3v) is 0. The summed E-state index contributed by atoms with van der Waals surface area (Å²) in [6.45, 7) is 0. The lowest BCUT2D eigenvalue weighted by Crippen LogP contribution is -1.27. The fourth-order valence-corrected chi connectivity index (χ4v) is 0. The van der Waals surface area contributed by atoms with Crippen molar-refractivity contribution < 1.29 is 5.11 Å². The predicted molar refractivity (Wildman–Crippen MR) is 13.3 cm³/mol. The van der Waals surface area contributed by atoms with Crippen molar-refractivity contribution in [3.63, 3.8) is 0 Å². The van der Waals surface area contributed by atoms with Gasteiger partial charge < -0.3 is 5.11 Å². The fourth-order valence-electron chi connectivity index (χ4n) is 0. The minimum atomic E-state index is 0. The molecule has 1 N–H and O–H groups in total. The van der Waals surface area contributed by atoms with Crippen LogP contribution in [0, 0.1) is 11.5 Å². The highest BCUT2D eigenvalue weighted by atomic mass is 28.1. The van der Waals surface area contributed by atoms with E-state index in [2.05, 4.69) is 0 Å². The molecule has 0 unspecified atom stereocenters. The van der Waals surface area contributed by atoms with Crippen molar-refractivity contribution >= 4 is 11.0 Å². The summed E-state index contributed by atoms with van der Waals surface area (Å²) in [7, 11) is 0. The molecule has 0 amide bonds. The molecule has 0 bridgehead atoms. The number of aliphatic hydroxyl groups is 1. The molecule has 0 aliphatic heterocycles. The molecule has 0 aromatic rings. The molecule has 0 saturated carbocycles. The molecule has 2 nitrogen and oxygen atoms in total. The van der Waals surface area contributed by atoms with Crippen molar-refractivity contribution in [3.8, 4) is 6.26 Å². The first kappa shape index (κ1) is 9.71. The molecule has 0 fully saturated rings. The average molecular weight is 71.1 g/mol. The van der Waals surface area contributed by atoms with Crippen LogP contribution in [0.4, 0.5) is 0 Å². The number of nitriles is 1. The first-order valence-electron chi connectivity index (χ1n) is 0.447. The molecular weight excluding hydrogens is 70.1 g/mol. The van der Waals surface area contributed by atoms with Gasteiger partial charge in [0.05, 0.1) is 0 Å². The van der Waals surface area contributed by atoms with Gasteiger partial charge in [0, 0.05) is 11.0 Å². The highest BCUT2D eigenvalue weighted by Gasteiger charge is 1.16. The van der Waals surface area contributed by atoms with E-state index in [1.54, 1.807) is 0 Å². The number of rotatable bonds is 0. The van der Waals surface area contributed by atoms with Crippen LogP contribution < -0.4 is 0 Å². The van der Waals surface area contributed by atoms with Crippen LogP contribution in [0.25, 0.3) is 0 Å². The average Bonchev–Trinajstić information content (AvgIpc) is 0.918. The fraction of sp³-hybridized carbons (Fsp3) is 0. The van der Waals surface area contributed by atoms with E-state index in [0.717, 1.165) is 6.26 Å². The number of aliphatic hydroxyl groups excluding tert-OH is 1. The lowest BCUT2D eigenvalue weighted by molar-refractivity contribution is 0.503. The van der Waals surface area contributed by atoms with Gasteiger partial charge in [-0.15, -0.1) is 0 Å². The van der Waals surface area contributed by atoms with Crippen molar-refractivity contribution in [1.82, 2.24) is 0 Å². The molecule has 0 aliphatic carbocycles. The van der Waals surface area contributed by atoms with Crippen LogP contribution >= 0.6 is 0 Å². The second kappa shape index (κ2) is 22.2. The molecule has 4 heavy (non-hydrogen) atoms. The standard InChI is InChI=1S/CHNO.Si/c2-1-3;/h3H;. The van der Waals surface area contributed by atoms with Gasteiger partial charge in [-0.3, -0.25) is 0 Å². The summed E-state index contributed by atoms with van der Waals surface area (Å²) in [6, 6.07) is 0. The number of hydrogen-bond donors (Lipinski definition) is 1. The van der Waals surface area contributed by atoms with Crippen LogP contribution in [-0.4, -0.2) is 16.1 Å². The highest BCUT2D eigenvalue weighted by molar-refractivity contribution is 5.75. The molecule has 0 atom stereocenters. The van der Waals surface area contributed by atoms with Gasteiger partial charge >= 0.3 is 0 Å². The number of nitrogens with zero attached hydrogens (tertiary/aromatic N) is 1. The van der Waals surface area contributed by atoms with E-state index in [0.29, 0.717) is 0 Å². The van der Waals surface area contributed by atoms with Crippen molar-refractivity contribution in [1.29, 1.82) is 5.26 Å². The summed E-state index contributed by atoms with van der Waals surface area (Å²) in [5, 5.41) is 13.8. The first-order valence-corrected chi connectivity index (χ1v) is 0.447. The molecule has 0 rings (SSSR count). The molecule has 0 aromatic heterocycles. The van der Waals surface area contributed by atoms with Crippen molar-refractivity contribution in [3.05, 3.63) is 0 Å². The molecule has 0 aliphatic rings. The van der Waals surface area contributed by atoms with Gasteiger partial charge in [0.1, 0.15) is 0 Å². The van der Waals surface area contributed by atoms with Crippen LogP contribution in [0.1, 0.15) is 0 Å². The molecule has 0 saturated heterocycles. The summed E-state index contributed by atoms with van der Waals surface area (Å²) >= 11 is 0. The Bertz CT molecular complexity index is 29.5. The Hall–Kier alpha value is -0.493. The zero-order chi connectivity index (χ0) is 2.71. The third kappa shape index (κ3) is 1.59. The van der Waals surface area contributed by atoms with Crippen molar-refractivity contribution in [2.45, 2.75) is 0 Å². The third-order valence-electron chi connectivity index (χ3n) is 0. The Morgan fingerprint density at radius 3 is 1.75 bits per heavy atom. The van der Waals surface area contributed by atoms with Crippen molar-refractivity contribution in [2.24, 2.45) is 0 Å². The van der Waals surface area contributed by atoms with Gasteiger partial charge in [-0.1, -0.05) is 0 Å². The summed E-state index contributed by atoms with van der Waals surface area (Å²) < 4.78 is 0. The normalized spacial score (nSPS) is 1.75. The zero-order valence-electron chi connectivity index (χ0n) is 1.89. The van der Waals surface area contributed by atoms with E-state index >= 15 is 0 Å². The molecule has 20 valence electrons. The molecule has 0 aromatic carbocycles. The smallest absolute Gasteiger partial charge is 0.283 e. The Labute approximate surface area is 28.7 Å². The molecule has 0 spiro atoms. The maximum absolute atomic E-state index is 6.88. The summed E-state index contributed by atoms with van der Waals surface area (Å²) in [6.07, 6.45) is 0.750. The van der Waals surface area contributed by atoms with Gasteiger partial charge in [0.2, 0.25) is 0 Å². The maximum Gasteiger partial charge on any atom is 0.283 e. The van der Waals surface area contributed by atoms with Gasteiger partial charge in [-0.05, 0) is 0 Å². The highest BCUT2D eigenvalue weighted by Crippen LogP contribution is 1.06. The summed E-state index contributed by atoms with van der Waals surface area (Å²) in [5.74, 6) is 0. The topological polar surface area (TPSA) is 44.0 Å². The van der Waals surface area contributed by atoms with Crippen LogP contribution in [0.3, 0.4) is 0 Å². The van der Waals surface area contributed by atoms with Crippen LogP contribution in [-0.2, 0) is 0 Å². The van der Waals surface area contributed by atoms with E-state index in [4.69, 9.17) is 10.4 Å². The zero-order valence-corrected chi connectivity index (χ0v) is 2.89. The Kier molecular flexibility index (Phi) is 53.8. The first-order chi connectivity index (χ1) is 1.41. The van der Waals surface area contributed by atoms with E-state index in [-0.39, 0.29) is 11.0 Å². The summed E-state index contributed by atoms with van der Waals surface area (Å²) in [5.41, 5.74) is 0. The SMILES string of the molecule is N#CO.[Si]. The predicted octanol–water partition coefficient (Wildman–Crippen LogP) is -0.541. The quantitative estimate of drug-likeness (QED) is 0.308. The van der Waals surface area contributed by atoms with Crippen molar-refractivity contribution in [2.75, 3.05) is 0 Å². The monoisotopic (exact) mass is 71.0 g/mol. The molecular formula is CHNOSi. The van der Waals surface area contributed by atoms with Gasteiger partial charge in [0.15, 0.2) is 0 Å². The molecule has 0 heterocycles. The maximum atomic E-state index is 6.88. The Balaban J connectivity index is 0. The van der Waals surface area contributed by atoms with E-state index < -0.39 is 0 Å². The Morgan fingerprint density at radius 1 is 1.75 bits per heavy atom. The number of hydrogen-bond acceptors (Lipinski definition) is 2.